The summed E-state index contributed by atoms with van der Waals surface area (Å²) in [6, 6.07) is 7.94. The third kappa shape index (κ3) is 5.99. The number of benzene rings is 1. The summed E-state index contributed by atoms with van der Waals surface area (Å²) in [4.78, 5) is 25.5. The van der Waals surface area contributed by atoms with Gasteiger partial charge in [0.1, 0.15) is 0 Å². The Morgan fingerprint density at radius 2 is 2.00 bits per heavy atom. The van der Waals surface area contributed by atoms with E-state index in [2.05, 4.69) is 20.8 Å². The molecule has 0 radical (unpaired) electrons. The smallest absolute Gasteiger partial charge is 0.239 e. The predicted molar refractivity (Wildman–Crippen MR) is 106 cm³/mol. The molecule has 0 saturated carbocycles. The molecule has 7 nitrogen and oxygen atoms in total. The molecule has 0 aliphatic heterocycles. The molecule has 0 spiro atoms. The fourth-order valence-electron chi connectivity index (χ4n) is 2.16. The largest absolute Gasteiger partial charge is 0.355 e. The van der Waals surface area contributed by atoms with E-state index < -0.39 is 0 Å². The number of carbonyl (C=O) groups excluding carboxylic acids is 2. The van der Waals surface area contributed by atoms with E-state index in [4.69, 9.17) is 0 Å². The van der Waals surface area contributed by atoms with E-state index in [1.807, 2.05) is 45.0 Å². The van der Waals surface area contributed by atoms with Crippen molar-refractivity contribution in [2.24, 2.45) is 0 Å². The molecule has 0 saturated heterocycles. The second-order valence-corrected chi connectivity index (χ2v) is 7.66. The Bertz CT molecular complexity index is 750. The summed E-state index contributed by atoms with van der Waals surface area (Å²) < 4.78 is 0.712. The average Bonchev–Trinajstić information content (AvgIpc) is 3.07. The number of thioether (sulfide) groups is 1. The molecule has 140 valence electrons. The van der Waals surface area contributed by atoms with Crippen LogP contribution in [0.1, 0.15) is 19.4 Å². The van der Waals surface area contributed by atoms with Crippen molar-refractivity contribution in [3.8, 4) is 0 Å². The highest BCUT2D eigenvalue weighted by Gasteiger charge is 2.16. The van der Waals surface area contributed by atoms with Crippen LogP contribution in [0.2, 0.25) is 0 Å². The van der Waals surface area contributed by atoms with Crippen LogP contribution in [0, 0.1) is 6.92 Å². The first kappa shape index (κ1) is 20.2. The minimum atomic E-state index is -0.145. The normalized spacial score (nSPS) is 10.4. The van der Waals surface area contributed by atoms with Crippen molar-refractivity contribution in [1.82, 2.24) is 20.4 Å². The number of carbonyl (C=O) groups is 2. The molecule has 2 rings (SSSR count). The molecular weight excluding hydrogens is 370 g/mol. The van der Waals surface area contributed by atoms with E-state index in [-0.39, 0.29) is 24.1 Å². The average molecular weight is 394 g/mol. The van der Waals surface area contributed by atoms with Crippen LogP contribution in [0.5, 0.6) is 0 Å². The van der Waals surface area contributed by atoms with Crippen molar-refractivity contribution < 1.29 is 9.59 Å². The van der Waals surface area contributed by atoms with Gasteiger partial charge in [0.25, 0.3) is 0 Å². The minimum Gasteiger partial charge on any atom is -0.355 e. The number of nitrogens with zero attached hydrogens (tertiary/aromatic N) is 3. The number of nitrogens with one attached hydrogen (secondary N) is 2. The highest BCUT2D eigenvalue weighted by Crippen LogP contribution is 2.28. The number of para-hydroxylation sites is 1. The summed E-state index contributed by atoms with van der Waals surface area (Å²) in [5.74, 6) is -0.00705. The minimum absolute atomic E-state index is 0.0833. The van der Waals surface area contributed by atoms with E-state index in [9.17, 15) is 9.59 Å². The first-order valence-corrected chi connectivity index (χ1v) is 10.2. The topological polar surface area (TPSA) is 87.2 Å². The van der Waals surface area contributed by atoms with Gasteiger partial charge in [-0.15, -0.1) is 10.2 Å². The van der Waals surface area contributed by atoms with E-state index in [0.29, 0.717) is 22.6 Å². The van der Waals surface area contributed by atoms with Crippen molar-refractivity contribution in [1.29, 1.82) is 0 Å². The number of aromatic nitrogens is 2. The number of aryl methyl sites for hydroxylation is 1. The Morgan fingerprint density at radius 1 is 1.23 bits per heavy atom. The Morgan fingerprint density at radius 3 is 2.69 bits per heavy atom. The fourth-order valence-corrected chi connectivity index (χ4v) is 3.83. The van der Waals surface area contributed by atoms with Gasteiger partial charge < -0.3 is 15.5 Å². The van der Waals surface area contributed by atoms with Crippen LogP contribution in [0.25, 0.3) is 0 Å². The molecule has 0 bridgehead atoms. The zero-order valence-corrected chi connectivity index (χ0v) is 16.7. The first-order valence-electron chi connectivity index (χ1n) is 8.36. The van der Waals surface area contributed by atoms with E-state index >= 15 is 0 Å². The van der Waals surface area contributed by atoms with Crippen LogP contribution in [0.3, 0.4) is 0 Å². The monoisotopic (exact) mass is 393 g/mol. The maximum absolute atomic E-state index is 12.3. The van der Waals surface area contributed by atoms with Gasteiger partial charge in [-0.2, -0.15) is 0 Å². The lowest BCUT2D eigenvalue weighted by molar-refractivity contribution is -0.133. The van der Waals surface area contributed by atoms with Gasteiger partial charge in [-0.25, -0.2) is 0 Å². The quantitative estimate of drug-likeness (QED) is 0.637. The lowest BCUT2D eigenvalue weighted by atomic mass is 10.2. The maximum Gasteiger partial charge on any atom is 0.239 e. The maximum atomic E-state index is 12.3. The molecule has 0 atom stereocenters. The molecule has 0 aliphatic carbocycles. The molecule has 2 N–H and O–H groups in total. The van der Waals surface area contributed by atoms with Crippen molar-refractivity contribution in [2.75, 3.05) is 30.7 Å². The number of hydrogen-bond acceptors (Lipinski definition) is 7. The Kier molecular flexibility index (Phi) is 7.86. The van der Waals surface area contributed by atoms with Gasteiger partial charge in [-0.3, -0.25) is 9.59 Å². The van der Waals surface area contributed by atoms with Gasteiger partial charge in [-0.05, 0) is 32.4 Å². The van der Waals surface area contributed by atoms with Gasteiger partial charge in [0.15, 0.2) is 4.34 Å². The molecule has 1 heterocycles. The molecule has 2 aromatic rings. The summed E-state index contributed by atoms with van der Waals surface area (Å²) in [6.45, 7) is 6.86. The summed E-state index contributed by atoms with van der Waals surface area (Å²) in [5.41, 5.74) is 2.10. The lowest BCUT2D eigenvalue weighted by Gasteiger charge is -2.19. The van der Waals surface area contributed by atoms with Crippen LogP contribution < -0.4 is 10.6 Å². The van der Waals surface area contributed by atoms with Crippen LogP contribution >= 0.6 is 23.1 Å². The van der Waals surface area contributed by atoms with Crippen LogP contribution in [-0.4, -0.2) is 52.3 Å². The third-order valence-corrected chi connectivity index (χ3v) is 5.51. The van der Waals surface area contributed by atoms with E-state index in [0.717, 1.165) is 11.3 Å². The third-order valence-electron chi connectivity index (χ3n) is 3.56. The highest BCUT2D eigenvalue weighted by molar-refractivity contribution is 8.01. The molecule has 0 aliphatic rings. The summed E-state index contributed by atoms with van der Waals surface area (Å²) in [5, 5.41) is 14.8. The van der Waals surface area contributed by atoms with Gasteiger partial charge in [-0.1, -0.05) is 41.3 Å². The van der Waals surface area contributed by atoms with Crippen LogP contribution in [0.15, 0.2) is 28.6 Å². The van der Waals surface area contributed by atoms with Gasteiger partial charge in [0.2, 0.25) is 16.9 Å². The molecule has 26 heavy (non-hydrogen) atoms. The SMILES string of the molecule is CCNC(=O)CN(CC)C(=O)CSc1nnc(Nc2ccccc2C)s1. The highest BCUT2D eigenvalue weighted by atomic mass is 32.2. The summed E-state index contributed by atoms with van der Waals surface area (Å²) in [7, 11) is 0. The second-order valence-electron chi connectivity index (χ2n) is 5.46. The molecule has 0 fully saturated rings. The number of likely N-dealkylation sites (N-methyl/N-ethyl adjacent to an activating group) is 2. The molecule has 2 amide bonds. The first-order chi connectivity index (χ1) is 12.5. The lowest BCUT2D eigenvalue weighted by Crippen LogP contribution is -2.41. The van der Waals surface area contributed by atoms with Crippen LogP contribution in [-0.2, 0) is 9.59 Å². The predicted octanol–water partition coefficient (Wildman–Crippen LogP) is 2.67. The zero-order chi connectivity index (χ0) is 18.9. The summed E-state index contributed by atoms with van der Waals surface area (Å²) in [6.07, 6.45) is 0. The van der Waals surface area contributed by atoms with Gasteiger partial charge in [0, 0.05) is 18.8 Å². The van der Waals surface area contributed by atoms with Crippen molar-refractivity contribution in [3.05, 3.63) is 29.8 Å². The van der Waals surface area contributed by atoms with Gasteiger partial charge in [0.05, 0.1) is 12.3 Å². The van der Waals surface area contributed by atoms with Crippen LogP contribution in [0.4, 0.5) is 10.8 Å². The van der Waals surface area contributed by atoms with E-state index in [1.54, 1.807) is 0 Å². The van der Waals surface area contributed by atoms with Crippen molar-refractivity contribution >= 4 is 45.7 Å². The second kappa shape index (κ2) is 10.1. The Labute approximate surface area is 161 Å². The molecule has 0 unspecified atom stereocenters. The van der Waals surface area contributed by atoms with E-state index in [1.165, 1.54) is 28.0 Å². The fraction of sp³-hybridized carbons (Fsp3) is 0.412. The number of anilines is 2. The molecule has 1 aromatic heterocycles. The standard InChI is InChI=1S/C17H23N5O2S2/c1-4-18-14(23)10-22(5-2)15(24)11-25-17-21-20-16(26-17)19-13-9-7-6-8-12(13)3/h6-9H,4-5,10-11H2,1-3H3,(H,18,23)(H,19,20). The number of rotatable bonds is 9. The Balaban J connectivity index is 1.87. The molecule has 1 aromatic carbocycles. The Hall–Kier alpha value is -2.13. The zero-order valence-electron chi connectivity index (χ0n) is 15.1. The molecule has 9 heteroatoms. The number of hydrogen-bond donors (Lipinski definition) is 2. The van der Waals surface area contributed by atoms with Gasteiger partial charge >= 0.3 is 0 Å². The van der Waals surface area contributed by atoms with Crippen molar-refractivity contribution in [3.63, 3.8) is 0 Å². The number of amides is 2. The van der Waals surface area contributed by atoms with Crippen molar-refractivity contribution in [2.45, 2.75) is 25.1 Å². The molecular formula is C17H23N5O2S2. The summed E-state index contributed by atoms with van der Waals surface area (Å²) >= 11 is 2.73.